The molecule has 0 atom stereocenters. The van der Waals surface area contributed by atoms with Crippen LogP contribution in [0.5, 0.6) is 5.75 Å². The van der Waals surface area contributed by atoms with Gasteiger partial charge in [-0.15, -0.1) is 0 Å². The molecule has 0 aliphatic heterocycles. The van der Waals surface area contributed by atoms with Crippen LogP contribution in [-0.2, 0) is 6.54 Å². The van der Waals surface area contributed by atoms with Gasteiger partial charge in [0.05, 0.1) is 0 Å². The van der Waals surface area contributed by atoms with E-state index in [4.69, 9.17) is 16.3 Å². The highest BCUT2D eigenvalue weighted by molar-refractivity contribution is 6.25. The van der Waals surface area contributed by atoms with E-state index in [1.807, 2.05) is 19.1 Å². The van der Waals surface area contributed by atoms with Gasteiger partial charge in [-0.05, 0) is 43.2 Å². The first-order chi connectivity index (χ1) is 8.26. The topological polar surface area (TPSA) is 21.3 Å². The number of halogens is 1. The second-order valence-electron chi connectivity index (χ2n) is 4.06. The fraction of sp³-hybridized carbons (Fsp3) is 0.429. The van der Waals surface area contributed by atoms with Gasteiger partial charge in [-0.3, -0.25) is 0 Å². The third kappa shape index (κ3) is 5.76. The number of benzene rings is 1. The van der Waals surface area contributed by atoms with Crippen LogP contribution >= 0.6 is 11.6 Å². The summed E-state index contributed by atoms with van der Waals surface area (Å²) in [6.45, 7) is 6.61. The van der Waals surface area contributed by atoms with Crippen LogP contribution < -0.4 is 10.1 Å². The third-order valence-corrected chi connectivity index (χ3v) is 2.70. The van der Waals surface area contributed by atoms with Gasteiger partial charge in [0.15, 0.2) is 0 Å². The Labute approximate surface area is 109 Å². The lowest BCUT2D eigenvalue weighted by atomic mass is 10.2. The predicted octanol–water partition coefficient (Wildman–Crippen LogP) is 3.71. The van der Waals surface area contributed by atoms with Crippen LogP contribution in [-0.4, -0.2) is 13.2 Å². The van der Waals surface area contributed by atoms with Gasteiger partial charge < -0.3 is 10.1 Å². The first kappa shape index (κ1) is 14.1. The van der Waals surface area contributed by atoms with Crippen molar-refractivity contribution >= 4 is 11.6 Å². The summed E-state index contributed by atoms with van der Waals surface area (Å²) in [5, 5.41) is 3.36. The van der Waals surface area contributed by atoms with Crippen molar-refractivity contribution in [1.29, 1.82) is 0 Å². The summed E-state index contributed by atoms with van der Waals surface area (Å²) in [6.07, 6.45) is 1.16. The van der Waals surface area contributed by atoms with E-state index in [0.717, 1.165) is 30.8 Å². The molecular formula is C14H20ClNO. The maximum Gasteiger partial charge on any atom is 0.119 e. The summed E-state index contributed by atoms with van der Waals surface area (Å²) < 4.78 is 5.57. The number of hydrogen-bond donors (Lipinski definition) is 1. The van der Waals surface area contributed by atoms with E-state index >= 15 is 0 Å². The molecule has 17 heavy (non-hydrogen) atoms. The molecule has 0 saturated carbocycles. The minimum atomic E-state index is 0.539. The lowest BCUT2D eigenvalue weighted by Crippen LogP contribution is -2.13. The van der Waals surface area contributed by atoms with Crippen LogP contribution in [0.2, 0.25) is 0 Å². The highest BCUT2D eigenvalue weighted by atomic mass is 35.5. The zero-order chi connectivity index (χ0) is 12.5. The normalized spacial score (nSPS) is 11.6. The molecule has 1 aromatic carbocycles. The molecule has 0 amide bonds. The lowest BCUT2D eigenvalue weighted by molar-refractivity contribution is 0.352. The molecule has 0 aromatic heterocycles. The molecule has 0 spiro atoms. The average Bonchev–Trinajstić information content (AvgIpc) is 2.37. The summed E-state index contributed by atoms with van der Waals surface area (Å²) in [5.74, 6) is 0.877. The van der Waals surface area contributed by atoms with Crippen LogP contribution in [0.1, 0.15) is 25.8 Å². The second-order valence-corrected chi connectivity index (χ2v) is 4.28. The van der Waals surface area contributed by atoms with Crippen LogP contribution in [0.4, 0.5) is 0 Å². The van der Waals surface area contributed by atoms with Gasteiger partial charge >= 0.3 is 0 Å². The summed E-state index contributed by atoms with van der Waals surface area (Å²) in [7, 11) is 0. The number of rotatable bonds is 7. The Morgan fingerprint density at radius 1 is 1.35 bits per heavy atom. The molecule has 1 rings (SSSR count). The van der Waals surface area contributed by atoms with Gasteiger partial charge in [-0.25, -0.2) is 0 Å². The molecule has 3 heteroatoms. The van der Waals surface area contributed by atoms with Crippen molar-refractivity contribution in [2.75, 3.05) is 13.2 Å². The van der Waals surface area contributed by atoms with Crippen molar-refractivity contribution in [2.24, 2.45) is 0 Å². The molecule has 2 nitrogen and oxygen atoms in total. The predicted molar refractivity (Wildman–Crippen MR) is 73.5 cm³/mol. The average molecular weight is 254 g/mol. The van der Waals surface area contributed by atoms with Gasteiger partial charge in [0.2, 0.25) is 0 Å². The second kappa shape index (κ2) is 8.15. The highest BCUT2D eigenvalue weighted by Gasteiger charge is 1.96. The fourth-order valence-corrected chi connectivity index (χ4v) is 1.40. The standard InChI is InChI=1S/C14H20ClNO/c1-3-8-16-10-13-4-6-14(7-5-13)17-11-12(2)9-15/h4-7,9,16H,3,8,10-11H2,1-2H3/b12-9+. The molecule has 0 unspecified atom stereocenters. The first-order valence-corrected chi connectivity index (χ1v) is 6.38. The van der Waals surface area contributed by atoms with Crippen molar-refractivity contribution in [3.8, 4) is 5.75 Å². The summed E-state index contributed by atoms with van der Waals surface area (Å²) in [4.78, 5) is 0. The van der Waals surface area contributed by atoms with Crippen molar-refractivity contribution in [3.05, 3.63) is 40.9 Å². The lowest BCUT2D eigenvalue weighted by Gasteiger charge is -2.07. The van der Waals surface area contributed by atoms with E-state index in [1.54, 1.807) is 5.54 Å². The summed E-state index contributed by atoms with van der Waals surface area (Å²) >= 11 is 5.56. The molecule has 0 fully saturated rings. The molecule has 0 aliphatic carbocycles. The number of nitrogens with one attached hydrogen (secondary N) is 1. The molecule has 0 saturated heterocycles. The Balaban J connectivity index is 2.39. The summed E-state index contributed by atoms with van der Waals surface area (Å²) in [6, 6.07) is 8.14. The van der Waals surface area contributed by atoms with E-state index < -0.39 is 0 Å². The van der Waals surface area contributed by atoms with Crippen molar-refractivity contribution in [3.63, 3.8) is 0 Å². The zero-order valence-corrected chi connectivity index (χ0v) is 11.3. The third-order valence-electron chi connectivity index (χ3n) is 2.33. The van der Waals surface area contributed by atoms with Gasteiger partial charge in [-0.2, -0.15) is 0 Å². The van der Waals surface area contributed by atoms with E-state index in [0.29, 0.717) is 6.61 Å². The van der Waals surface area contributed by atoms with Crippen molar-refractivity contribution < 1.29 is 4.74 Å². The Bertz CT molecular complexity index is 346. The smallest absolute Gasteiger partial charge is 0.119 e. The van der Waals surface area contributed by atoms with E-state index in [1.165, 1.54) is 5.56 Å². The first-order valence-electron chi connectivity index (χ1n) is 5.94. The van der Waals surface area contributed by atoms with Crippen LogP contribution in [0.15, 0.2) is 35.4 Å². The monoisotopic (exact) mass is 253 g/mol. The fourth-order valence-electron chi connectivity index (χ4n) is 1.34. The van der Waals surface area contributed by atoms with Crippen LogP contribution in [0, 0.1) is 0 Å². The van der Waals surface area contributed by atoms with Crippen LogP contribution in [0.3, 0.4) is 0 Å². The largest absolute Gasteiger partial charge is 0.489 e. The van der Waals surface area contributed by atoms with Crippen molar-refractivity contribution in [2.45, 2.75) is 26.8 Å². The van der Waals surface area contributed by atoms with E-state index in [9.17, 15) is 0 Å². The maximum atomic E-state index is 5.57. The molecule has 0 bridgehead atoms. The molecule has 1 aromatic rings. The van der Waals surface area contributed by atoms with Crippen molar-refractivity contribution in [1.82, 2.24) is 5.32 Å². The van der Waals surface area contributed by atoms with E-state index in [-0.39, 0.29) is 0 Å². The number of hydrogen-bond acceptors (Lipinski definition) is 2. The Morgan fingerprint density at radius 3 is 2.65 bits per heavy atom. The Kier molecular flexibility index (Phi) is 6.75. The van der Waals surface area contributed by atoms with Gasteiger partial charge in [-0.1, -0.05) is 30.7 Å². The van der Waals surface area contributed by atoms with E-state index in [2.05, 4.69) is 24.4 Å². The van der Waals surface area contributed by atoms with Gasteiger partial charge in [0, 0.05) is 12.1 Å². The highest BCUT2D eigenvalue weighted by Crippen LogP contribution is 2.13. The molecule has 1 N–H and O–H groups in total. The molecule has 0 aliphatic rings. The molecule has 0 heterocycles. The minimum absolute atomic E-state index is 0.539. The number of ether oxygens (including phenoxy) is 1. The maximum absolute atomic E-state index is 5.57. The molecular weight excluding hydrogens is 234 g/mol. The molecule has 0 radical (unpaired) electrons. The minimum Gasteiger partial charge on any atom is -0.489 e. The summed E-state index contributed by atoms with van der Waals surface area (Å²) in [5.41, 5.74) is 3.83. The molecule has 94 valence electrons. The van der Waals surface area contributed by atoms with Crippen LogP contribution in [0.25, 0.3) is 0 Å². The van der Waals surface area contributed by atoms with Gasteiger partial charge in [0.1, 0.15) is 12.4 Å². The quantitative estimate of drug-likeness (QED) is 0.748. The van der Waals surface area contributed by atoms with Gasteiger partial charge in [0.25, 0.3) is 0 Å². The Hall–Kier alpha value is -0.990. The SMILES string of the molecule is CCCNCc1ccc(OC/C(C)=C/Cl)cc1. The Morgan fingerprint density at radius 2 is 2.06 bits per heavy atom. The zero-order valence-electron chi connectivity index (χ0n) is 10.5.